The highest BCUT2D eigenvalue weighted by molar-refractivity contribution is 7.89. The lowest BCUT2D eigenvalue weighted by atomic mass is 10.0. The van der Waals surface area contributed by atoms with Gasteiger partial charge < -0.3 is 4.90 Å². The zero-order chi connectivity index (χ0) is 14.3. The number of rotatable bonds is 8. The molecule has 0 aromatic carbocycles. The zero-order valence-corrected chi connectivity index (χ0v) is 13.6. The third kappa shape index (κ3) is 5.40. The van der Waals surface area contributed by atoms with Gasteiger partial charge in [0.25, 0.3) is 0 Å². The maximum Gasteiger partial charge on any atom is 0.213 e. The van der Waals surface area contributed by atoms with E-state index in [1.165, 1.54) is 32.2 Å². The van der Waals surface area contributed by atoms with Gasteiger partial charge in [0, 0.05) is 13.1 Å². The van der Waals surface area contributed by atoms with Crippen molar-refractivity contribution in [1.82, 2.24) is 9.21 Å². The molecule has 0 amide bonds. The molecule has 1 saturated heterocycles. The van der Waals surface area contributed by atoms with Gasteiger partial charge in [0.15, 0.2) is 0 Å². The van der Waals surface area contributed by atoms with E-state index in [0.29, 0.717) is 0 Å². The van der Waals surface area contributed by atoms with Crippen LogP contribution < -0.4 is 0 Å². The minimum absolute atomic E-state index is 0.205. The van der Waals surface area contributed by atoms with E-state index in [0.717, 1.165) is 25.9 Å². The second-order valence-corrected chi connectivity index (χ2v) is 7.87. The normalized spacial score (nSPS) is 19.2. The maximum atomic E-state index is 11.8. The van der Waals surface area contributed by atoms with Crippen LogP contribution in [0.15, 0.2) is 0 Å². The van der Waals surface area contributed by atoms with E-state index in [4.69, 9.17) is 0 Å². The quantitative estimate of drug-likeness (QED) is 0.644. The molecule has 0 bridgehead atoms. The number of unbranched alkanes of at least 4 members (excludes halogenated alkanes) is 3. The van der Waals surface area contributed by atoms with Crippen molar-refractivity contribution in [2.75, 3.05) is 32.4 Å². The van der Waals surface area contributed by atoms with Crippen LogP contribution in [0.5, 0.6) is 0 Å². The second-order valence-electron chi connectivity index (χ2n) is 5.55. The smallest absolute Gasteiger partial charge is 0.213 e. The molecule has 0 N–H and O–H groups in total. The zero-order valence-electron chi connectivity index (χ0n) is 12.8. The molecule has 114 valence electrons. The summed E-state index contributed by atoms with van der Waals surface area (Å²) < 4.78 is 25.3. The van der Waals surface area contributed by atoms with Gasteiger partial charge in [-0.05, 0) is 45.8 Å². The minimum atomic E-state index is -3.02. The summed E-state index contributed by atoms with van der Waals surface area (Å²) in [6.07, 6.45) is 7.16. The fourth-order valence-corrected chi connectivity index (χ4v) is 3.77. The van der Waals surface area contributed by atoms with Crippen LogP contribution in [0.25, 0.3) is 0 Å². The number of nitrogens with zero attached hydrogens (tertiary/aromatic N) is 2. The Morgan fingerprint density at radius 3 is 2.26 bits per heavy atom. The molecule has 1 fully saturated rings. The highest BCUT2D eigenvalue weighted by Gasteiger charge is 2.28. The van der Waals surface area contributed by atoms with E-state index in [9.17, 15) is 8.42 Å². The Labute approximate surface area is 119 Å². The third-order valence-corrected chi connectivity index (χ3v) is 6.11. The molecule has 0 saturated carbocycles. The summed E-state index contributed by atoms with van der Waals surface area (Å²) in [6, 6.07) is 0.205. The summed E-state index contributed by atoms with van der Waals surface area (Å²) in [5, 5.41) is 0. The molecule has 0 unspecified atom stereocenters. The second kappa shape index (κ2) is 8.22. The molecule has 0 aromatic rings. The Bertz CT molecular complexity index is 335. The summed E-state index contributed by atoms with van der Waals surface area (Å²) >= 11 is 0. The monoisotopic (exact) mass is 290 g/mol. The fraction of sp³-hybridized carbons (Fsp3) is 1.00. The average molecular weight is 290 g/mol. The predicted molar refractivity (Wildman–Crippen MR) is 80.8 cm³/mol. The Kier molecular flexibility index (Phi) is 7.32. The van der Waals surface area contributed by atoms with Crippen LogP contribution in [-0.2, 0) is 10.0 Å². The van der Waals surface area contributed by atoms with E-state index in [2.05, 4.69) is 11.8 Å². The van der Waals surface area contributed by atoms with Crippen molar-refractivity contribution in [2.45, 2.75) is 58.4 Å². The van der Waals surface area contributed by atoms with Crippen molar-refractivity contribution in [2.24, 2.45) is 0 Å². The first kappa shape index (κ1) is 16.9. The van der Waals surface area contributed by atoms with Gasteiger partial charge in [0.1, 0.15) is 0 Å². The van der Waals surface area contributed by atoms with E-state index < -0.39 is 10.0 Å². The Balaban J connectivity index is 2.29. The number of sulfonamides is 1. The van der Waals surface area contributed by atoms with Crippen molar-refractivity contribution >= 4 is 10.0 Å². The van der Waals surface area contributed by atoms with Gasteiger partial charge in [0.2, 0.25) is 10.0 Å². The van der Waals surface area contributed by atoms with Gasteiger partial charge in [-0.1, -0.05) is 26.2 Å². The van der Waals surface area contributed by atoms with Crippen molar-refractivity contribution in [3.8, 4) is 0 Å². The van der Waals surface area contributed by atoms with E-state index in [-0.39, 0.29) is 11.8 Å². The van der Waals surface area contributed by atoms with Crippen LogP contribution in [0.4, 0.5) is 0 Å². The van der Waals surface area contributed by atoms with Crippen LogP contribution in [0.1, 0.15) is 52.4 Å². The summed E-state index contributed by atoms with van der Waals surface area (Å²) in [5.41, 5.74) is 0. The number of piperidine rings is 1. The molecule has 5 heteroatoms. The summed E-state index contributed by atoms with van der Waals surface area (Å²) in [7, 11) is -1.29. The maximum absolute atomic E-state index is 11.8. The summed E-state index contributed by atoms with van der Waals surface area (Å²) in [6.45, 7) is 7.21. The Hall–Kier alpha value is -0.130. The molecule has 1 rings (SSSR count). The SMILES string of the molecule is CCCCCCN1CCC(N(C)S(=O)(=O)CC)CC1. The first-order chi connectivity index (χ1) is 9.01. The van der Waals surface area contributed by atoms with Crippen LogP contribution in [-0.4, -0.2) is 56.1 Å². The molecule has 0 aliphatic carbocycles. The Morgan fingerprint density at radius 1 is 1.11 bits per heavy atom. The number of hydrogen-bond acceptors (Lipinski definition) is 3. The average Bonchev–Trinajstić information content (AvgIpc) is 2.43. The molecule has 0 radical (unpaired) electrons. The lowest BCUT2D eigenvalue weighted by Gasteiger charge is -2.36. The van der Waals surface area contributed by atoms with Crippen molar-refractivity contribution in [1.29, 1.82) is 0 Å². The van der Waals surface area contributed by atoms with E-state index in [1.807, 2.05) is 0 Å². The number of likely N-dealkylation sites (tertiary alicyclic amines) is 1. The largest absolute Gasteiger partial charge is 0.303 e. The molecular formula is C14H30N2O2S. The third-order valence-electron chi connectivity index (χ3n) is 4.20. The van der Waals surface area contributed by atoms with Crippen molar-refractivity contribution in [3.05, 3.63) is 0 Å². The van der Waals surface area contributed by atoms with Crippen molar-refractivity contribution in [3.63, 3.8) is 0 Å². The highest BCUT2D eigenvalue weighted by atomic mass is 32.2. The molecule has 0 aromatic heterocycles. The number of hydrogen-bond donors (Lipinski definition) is 0. The molecule has 1 aliphatic rings. The molecule has 19 heavy (non-hydrogen) atoms. The lowest BCUT2D eigenvalue weighted by Crippen LogP contribution is -2.46. The van der Waals surface area contributed by atoms with Gasteiger partial charge in [-0.3, -0.25) is 0 Å². The molecular weight excluding hydrogens is 260 g/mol. The molecule has 1 aliphatic heterocycles. The van der Waals surface area contributed by atoms with Gasteiger partial charge in [-0.25, -0.2) is 12.7 Å². The van der Waals surface area contributed by atoms with E-state index in [1.54, 1.807) is 18.3 Å². The van der Waals surface area contributed by atoms with Gasteiger partial charge in [0.05, 0.1) is 5.75 Å². The lowest BCUT2D eigenvalue weighted by molar-refractivity contribution is 0.167. The summed E-state index contributed by atoms with van der Waals surface area (Å²) in [4.78, 5) is 2.48. The van der Waals surface area contributed by atoms with Crippen LogP contribution in [0, 0.1) is 0 Å². The topological polar surface area (TPSA) is 40.6 Å². The summed E-state index contributed by atoms with van der Waals surface area (Å²) in [5.74, 6) is 0.209. The van der Waals surface area contributed by atoms with Crippen LogP contribution in [0.2, 0.25) is 0 Å². The van der Waals surface area contributed by atoms with Crippen LogP contribution >= 0.6 is 0 Å². The van der Waals surface area contributed by atoms with Gasteiger partial charge in [-0.15, -0.1) is 0 Å². The van der Waals surface area contributed by atoms with Gasteiger partial charge >= 0.3 is 0 Å². The fourth-order valence-electron chi connectivity index (χ4n) is 2.70. The Morgan fingerprint density at radius 2 is 1.74 bits per heavy atom. The van der Waals surface area contributed by atoms with E-state index >= 15 is 0 Å². The predicted octanol–water partition coefficient (Wildman–Crippen LogP) is 2.31. The van der Waals surface area contributed by atoms with Gasteiger partial charge in [-0.2, -0.15) is 0 Å². The first-order valence-corrected chi connectivity index (χ1v) is 9.30. The van der Waals surface area contributed by atoms with Crippen LogP contribution in [0.3, 0.4) is 0 Å². The minimum Gasteiger partial charge on any atom is -0.303 e. The standard InChI is InChI=1S/C14H30N2O2S/c1-4-6-7-8-11-16-12-9-14(10-13-16)15(3)19(17,18)5-2/h14H,4-13H2,1-3H3. The molecule has 4 nitrogen and oxygen atoms in total. The van der Waals surface area contributed by atoms with Crippen molar-refractivity contribution < 1.29 is 8.42 Å². The molecule has 0 atom stereocenters. The first-order valence-electron chi connectivity index (χ1n) is 7.69. The molecule has 1 heterocycles. The highest BCUT2D eigenvalue weighted by Crippen LogP contribution is 2.18. The molecule has 0 spiro atoms.